The van der Waals surface area contributed by atoms with Crippen molar-refractivity contribution in [1.82, 2.24) is 15.5 Å². The topological polar surface area (TPSA) is 56.7 Å². The number of benzene rings is 1. The van der Waals surface area contributed by atoms with Crippen LogP contribution in [0.25, 0.3) is 0 Å². The molecule has 26 heavy (non-hydrogen) atoms. The SMILES string of the molecule is Cc1ccc(CN=C(NCC(=O)N(C)C)NC2CCCCC2)cc1F.I. The summed E-state index contributed by atoms with van der Waals surface area (Å²) in [4.78, 5) is 17.9. The lowest BCUT2D eigenvalue weighted by Crippen LogP contribution is -2.47. The first-order chi connectivity index (χ1) is 12.0. The van der Waals surface area contributed by atoms with Crippen molar-refractivity contribution in [2.45, 2.75) is 51.6 Å². The smallest absolute Gasteiger partial charge is 0.241 e. The van der Waals surface area contributed by atoms with Crippen LogP contribution in [-0.2, 0) is 11.3 Å². The molecule has 0 saturated heterocycles. The van der Waals surface area contributed by atoms with Crippen molar-refractivity contribution in [3.05, 3.63) is 35.1 Å². The average molecular weight is 476 g/mol. The number of carbonyl (C=O) groups excluding carboxylic acids is 1. The highest BCUT2D eigenvalue weighted by molar-refractivity contribution is 14.0. The molecule has 2 N–H and O–H groups in total. The Morgan fingerprint density at radius 3 is 2.58 bits per heavy atom. The maximum Gasteiger partial charge on any atom is 0.241 e. The number of halogens is 2. The van der Waals surface area contributed by atoms with Gasteiger partial charge < -0.3 is 15.5 Å². The van der Waals surface area contributed by atoms with Gasteiger partial charge in [-0.3, -0.25) is 4.79 Å². The third-order valence-electron chi connectivity index (χ3n) is 4.51. The highest BCUT2D eigenvalue weighted by Crippen LogP contribution is 2.17. The molecule has 1 aliphatic carbocycles. The highest BCUT2D eigenvalue weighted by Gasteiger charge is 2.15. The zero-order valence-electron chi connectivity index (χ0n) is 15.8. The Bertz CT molecular complexity index is 616. The number of hydrogen-bond donors (Lipinski definition) is 2. The fourth-order valence-corrected chi connectivity index (χ4v) is 2.82. The summed E-state index contributed by atoms with van der Waals surface area (Å²) >= 11 is 0. The molecule has 0 radical (unpaired) electrons. The van der Waals surface area contributed by atoms with Crippen molar-refractivity contribution >= 4 is 35.8 Å². The summed E-state index contributed by atoms with van der Waals surface area (Å²) in [5.74, 6) is 0.382. The van der Waals surface area contributed by atoms with Gasteiger partial charge in [0.2, 0.25) is 5.91 Å². The molecule has 146 valence electrons. The second-order valence-corrected chi connectivity index (χ2v) is 6.87. The molecule has 0 bridgehead atoms. The maximum atomic E-state index is 13.7. The molecule has 0 atom stereocenters. The van der Waals surface area contributed by atoms with E-state index in [0.29, 0.717) is 24.1 Å². The molecule has 1 aliphatic rings. The van der Waals surface area contributed by atoms with E-state index in [0.717, 1.165) is 18.4 Å². The van der Waals surface area contributed by atoms with E-state index in [4.69, 9.17) is 0 Å². The predicted octanol–water partition coefficient (Wildman–Crippen LogP) is 3.21. The second kappa shape index (κ2) is 11.4. The Hall–Kier alpha value is -1.38. The fraction of sp³-hybridized carbons (Fsp3) is 0.579. The van der Waals surface area contributed by atoms with Gasteiger partial charge in [-0.05, 0) is 37.0 Å². The maximum absolute atomic E-state index is 13.7. The highest BCUT2D eigenvalue weighted by atomic mass is 127. The molecule has 0 spiro atoms. The van der Waals surface area contributed by atoms with E-state index < -0.39 is 0 Å². The van der Waals surface area contributed by atoms with Crippen LogP contribution < -0.4 is 10.6 Å². The van der Waals surface area contributed by atoms with Gasteiger partial charge in [0.1, 0.15) is 5.82 Å². The Morgan fingerprint density at radius 2 is 1.96 bits per heavy atom. The first kappa shape index (κ1) is 22.7. The van der Waals surface area contributed by atoms with Crippen LogP contribution in [0, 0.1) is 12.7 Å². The van der Waals surface area contributed by atoms with Gasteiger partial charge in [-0.2, -0.15) is 0 Å². The van der Waals surface area contributed by atoms with Crippen LogP contribution in [0.1, 0.15) is 43.2 Å². The van der Waals surface area contributed by atoms with Crippen LogP contribution in [0.15, 0.2) is 23.2 Å². The number of amides is 1. The minimum absolute atomic E-state index is 0. The molecule has 1 saturated carbocycles. The van der Waals surface area contributed by atoms with Crippen molar-refractivity contribution in [3.8, 4) is 0 Å². The van der Waals surface area contributed by atoms with Crippen molar-refractivity contribution < 1.29 is 9.18 Å². The molecule has 1 amide bonds. The fourth-order valence-electron chi connectivity index (χ4n) is 2.82. The lowest BCUT2D eigenvalue weighted by molar-refractivity contribution is -0.127. The summed E-state index contributed by atoms with van der Waals surface area (Å²) in [5, 5.41) is 6.52. The zero-order chi connectivity index (χ0) is 18.2. The molecular weight excluding hydrogens is 446 g/mol. The predicted molar refractivity (Wildman–Crippen MR) is 114 cm³/mol. The van der Waals surface area contributed by atoms with Crippen LogP contribution >= 0.6 is 24.0 Å². The van der Waals surface area contributed by atoms with Crippen molar-refractivity contribution in [2.75, 3.05) is 20.6 Å². The van der Waals surface area contributed by atoms with Crippen LogP contribution in [-0.4, -0.2) is 43.4 Å². The molecule has 0 aliphatic heterocycles. The van der Waals surface area contributed by atoms with Gasteiger partial charge in [-0.15, -0.1) is 24.0 Å². The summed E-state index contributed by atoms with van der Waals surface area (Å²) in [6.07, 6.45) is 5.93. The standard InChI is InChI=1S/C19H29FN4O.HI/c1-14-9-10-15(11-17(14)20)12-21-19(22-13-18(25)24(2)3)23-16-7-5-4-6-8-16;/h9-11,16H,4-8,12-13H2,1-3H3,(H2,21,22,23);1H. The average Bonchev–Trinajstić information content (AvgIpc) is 2.60. The number of aliphatic imine (C=N–C) groups is 1. The molecule has 1 fully saturated rings. The Balaban J connectivity index is 0.00000338. The number of aryl methyl sites for hydroxylation is 1. The van der Waals surface area contributed by atoms with Gasteiger partial charge in [-0.25, -0.2) is 9.38 Å². The number of guanidine groups is 1. The molecule has 1 aromatic carbocycles. The Labute approximate surface area is 172 Å². The van der Waals surface area contributed by atoms with Crippen LogP contribution in [0.2, 0.25) is 0 Å². The summed E-state index contributed by atoms with van der Waals surface area (Å²) in [6.45, 7) is 2.30. The normalized spacial score (nSPS) is 15.2. The molecule has 0 heterocycles. The largest absolute Gasteiger partial charge is 0.354 e. The summed E-state index contributed by atoms with van der Waals surface area (Å²) < 4.78 is 13.7. The second-order valence-electron chi connectivity index (χ2n) is 6.87. The quantitative estimate of drug-likeness (QED) is 0.390. The number of nitrogens with zero attached hydrogens (tertiary/aromatic N) is 2. The Morgan fingerprint density at radius 1 is 1.27 bits per heavy atom. The number of likely N-dealkylation sites (N-methyl/N-ethyl adjacent to an activating group) is 1. The first-order valence-electron chi connectivity index (χ1n) is 8.95. The molecule has 7 heteroatoms. The summed E-state index contributed by atoms with van der Waals surface area (Å²) in [5.41, 5.74) is 1.44. The van der Waals surface area contributed by atoms with Gasteiger partial charge in [0, 0.05) is 20.1 Å². The minimum Gasteiger partial charge on any atom is -0.354 e. The number of carbonyl (C=O) groups is 1. The first-order valence-corrected chi connectivity index (χ1v) is 8.95. The van der Waals surface area contributed by atoms with Gasteiger partial charge >= 0.3 is 0 Å². The van der Waals surface area contributed by atoms with E-state index in [1.807, 2.05) is 6.07 Å². The number of hydrogen-bond acceptors (Lipinski definition) is 2. The molecule has 0 aromatic heterocycles. The van der Waals surface area contributed by atoms with Gasteiger partial charge in [-0.1, -0.05) is 31.4 Å². The van der Waals surface area contributed by atoms with E-state index in [1.165, 1.54) is 25.3 Å². The van der Waals surface area contributed by atoms with Crippen molar-refractivity contribution in [2.24, 2.45) is 4.99 Å². The summed E-state index contributed by atoms with van der Waals surface area (Å²) in [6, 6.07) is 5.54. The van der Waals surface area contributed by atoms with E-state index in [9.17, 15) is 9.18 Å². The molecule has 5 nitrogen and oxygen atoms in total. The van der Waals surface area contributed by atoms with Crippen LogP contribution in [0.5, 0.6) is 0 Å². The van der Waals surface area contributed by atoms with E-state index in [-0.39, 0.29) is 42.2 Å². The molecular formula is C19H30FIN4O. The number of rotatable bonds is 5. The lowest BCUT2D eigenvalue weighted by atomic mass is 9.96. The van der Waals surface area contributed by atoms with E-state index >= 15 is 0 Å². The van der Waals surface area contributed by atoms with Crippen LogP contribution in [0.3, 0.4) is 0 Å². The van der Waals surface area contributed by atoms with Crippen molar-refractivity contribution in [3.63, 3.8) is 0 Å². The van der Waals surface area contributed by atoms with Crippen LogP contribution in [0.4, 0.5) is 4.39 Å². The minimum atomic E-state index is -0.217. The third kappa shape index (κ3) is 7.47. The van der Waals surface area contributed by atoms with Crippen molar-refractivity contribution in [1.29, 1.82) is 0 Å². The third-order valence-corrected chi connectivity index (χ3v) is 4.51. The van der Waals surface area contributed by atoms with E-state index in [2.05, 4.69) is 15.6 Å². The lowest BCUT2D eigenvalue weighted by Gasteiger charge is -2.25. The molecule has 2 rings (SSSR count). The zero-order valence-corrected chi connectivity index (χ0v) is 18.2. The Kier molecular flexibility index (Phi) is 9.90. The van der Waals surface area contributed by atoms with E-state index in [1.54, 1.807) is 32.0 Å². The number of nitrogens with one attached hydrogen (secondary N) is 2. The van der Waals surface area contributed by atoms with Gasteiger partial charge in [0.15, 0.2) is 5.96 Å². The monoisotopic (exact) mass is 476 g/mol. The van der Waals surface area contributed by atoms with Gasteiger partial charge in [0.25, 0.3) is 0 Å². The van der Waals surface area contributed by atoms with Gasteiger partial charge in [0.05, 0.1) is 13.1 Å². The molecule has 0 unspecified atom stereocenters. The molecule has 1 aromatic rings. The summed E-state index contributed by atoms with van der Waals surface area (Å²) in [7, 11) is 3.45.